The summed E-state index contributed by atoms with van der Waals surface area (Å²) in [6.45, 7) is 6.49. The van der Waals surface area contributed by atoms with E-state index in [1.807, 2.05) is 51.2 Å². The molecule has 0 bridgehead atoms. The number of imidazole rings is 1. The fourth-order valence-electron chi connectivity index (χ4n) is 4.37. The van der Waals surface area contributed by atoms with Crippen LogP contribution in [-0.2, 0) is 10.5 Å². The van der Waals surface area contributed by atoms with Gasteiger partial charge in [-0.25, -0.2) is 4.98 Å². The minimum atomic E-state index is -0.741. The van der Waals surface area contributed by atoms with Gasteiger partial charge in [-0.3, -0.25) is 13.8 Å². The number of ether oxygens (including phenoxy) is 1. The predicted molar refractivity (Wildman–Crippen MR) is 110 cm³/mol. The van der Waals surface area contributed by atoms with Crippen molar-refractivity contribution < 1.29 is 4.74 Å². The summed E-state index contributed by atoms with van der Waals surface area (Å²) < 4.78 is 10.7. The van der Waals surface area contributed by atoms with E-state index in [0.29, 0.717) is 29.2 Å². The minimum Gasteiger partial charge on any atom is -0.355 e. The molecule has 30 heavy (non-hydrogen) atoms. The molecule has 4 aromatic rings. The van der Waals surface area contributed by atoms with Crippen LogP contribution in [0, 0.1) is 11.5 Å². The van der Waals surface area contributed by atoms with Crippen LogP contribution in [0.15, 0.2) is 35.4 Å². The molecule has 1 aromatic carbocycles. The average molecular weight is 403 g/mol. The van der Waals surface area contributed by atoms with E-state index in [1.54, 1.807) is 15.3 Å². The zero-order valence-electron chi connectivity index (χ0n) is 17.0. The Labute approximate surface area is 172 Å². The van der Waals surface area contributed by atoms with Crippen molar-refractivity contribution in [1.82, 2.24) is 28.9 Å². The summed E-state index contributed by atoms with van der Waals surface area (Å²) in [5.74, 6) is 0.0113. The third-order valence-electron chi connectivity index (χ3n) is 5.79. The van der Waals surface area contributed by atoms with Crippen LogP contribution in [0.3, 0.4) is 0 Å². The zero-order chi connectivity index (χ0) is 21.0. The van der Waals surface area contributed by atoms with Crippen LogP contribution in [0.5, 0.6) is 0 Å². The molecule has 3 aromatic heterocycles. The summed E-state index contributed by atoms with van der Waals surface area (Å²) in [5, 5.41) is 17.7. The first kappa shape index (κ1) is 18.5. The van der Waals surface area contributed by atoms with Crippen molar-refractivity contribution in [2.75, 3.05) is 6.61 Å². The van der Waals surface area contributed by atoms with Crippen LogP contribution in [0.25, 0.3) is 27.9 Å². The molecule has 5 rings (SSSR count). The molecule has 152 valence electrons. The molecule has 9 nitrogen and oxygen atoms in total. The third-order valence-corrected chi connectivity index (χ3v) is 5.79. The fourth-order valence-corrected chi connectivity index (χ4v) is 4.37. The highest BCUT2D eigenvalue weighted by Gasteiger charge is 2.36. The minimum absolute atomic E-state index is 0.0113. The van der Waals surface area contributed by atoms with Gasteiger partial charge < -0.3 is 4.74 Å². The Morgan fingerprint density at radius 1 is 1.27 bits per heavy atom. The molecule has 1 atom stereocenters. The Balaban J connectivity index is 1.94. The van der Waals surface area contributed by atoms with E-state index < -0.39 is 5.72 Å². The fraction of sp³-hybridized carbons (Fsp3) is 0.381. The Bertz CT molecular complexity index is 1380. The van der Waals surface area contributed by atoms with Gasteiger partial charge in [0.2, 0.25) is 6.19 Å². The molecular formula is C21H21N7O2. The lowest BCUT2D eigenvalue weighted by Gasteiger charge is -2.28. The molecular weight excluding hydrogens is 382 g/mol. The van der Waals surface area contributed by atoms with Crippen molar-refractivity contribution in [2.45, 2.75) is 45.3 Å². The smallest absolute Gasteiger partial charge is 0.280 e. The molecule has 0 amide bonds. The van der Waals surface area contributed by atoms with E-state index in [4.69, 9.17) is 4.74 Å². The van der Waals surface area contributed by atoms with Gasteiger partial charge in [0.15, 0.2) is 0 Å². The van der Waals surface area contributed by atoms with Gasteiger partial charge in [0.1, 0.15) is 29.0 Å². The quantitative estimate of drug-likeness (QED) is 0.521. The van der Waals surface area contributed by atoms with Gasteiger partial charge in [0.25, 0.3) is 5.56 Å². The number of nitriles is 1. The summed E-state index contributed by atoms with van der Waals surface area (Å²) in [5.41, 5.74) is 2.51. The van der Waals surface area contributed by atoms with Gasteiger partial charge in [0, 0.05) is 6.61 Å². The summed E-state index contributed by atoms with van der Waals surface area (Å²) in [4.78, 5) is 18.4. The van der Waals surface area contributed by atoms with Crippen molar-refractivity contribution >= 4 is 16.6 Å². The van der Waals surface area contributed by atoms with E-state index in [9.17, 15) is 10.1 Å². The molecule has 1 saturated heterocycles. The van der Waals surface area contributed by atoms with Crippen LogP contribution in [0.2, 0.25) is 0 Å². The Kier molecular flexibility index (Phi) is 4.01. The van der Waals surface area contributed by atoms with E-state index in [1.165, 1.54) is 0 Å². The lowest BCUT2D eigenvalue weighted by molar-refractivity contribution is -0.0447. The topological polar surface area (TPSA) is 103 Å². The molecule has 0 radical (unpaired) electrons. The summed E-state index contributed by atoms with van der Waals surface area (Å²) in [6, 6.07) is 7.70. The lowest BCUT2D eigenvalue weighted by atomic mass is 10.1. The summed E-state index contributed by atoms with van der Waals surface area (Å²) in [6.07, 6.45) is 5.27. The lowest BCUT2D eigenvalue weighted by Crippen LogP contribution is -2.39. The molecule has 0 saturated carbocycles. The molecule has 4 heterocycles. The third kappa shape index (κ3) is 2.44. The number of nitrogens with zero attached hydrogens (tertiary/aromatic N) is 7. The molecule has 9 heteroatoms. The highest BCUT2D eigenvalue weighted by Crippen LogP contribution is 2.34. The maximum atomic E-state index is 13.9. The number of fused-ring (bicyclic) bond motifs is 3. The normalized spacial score (nSPS) is 19.2. The summed E-state index contributed by atoms with van der Waals surface area (Å²) in [7, 11) is 0. The van der Waals surface area contributed by atoms with Crippen LogP contribution < -0.4 is 5.56 Å². The molecule has 0 N–H and O–H groups in total. The van der Waals surface area contributed by atoms with Crippen LogP contribution >= 0.6 is 0 Å². The predicted octanol–water partition coefficient (Wildman–Crippen LogP) is 2.84. The number of benzene rings is 1. The largest absolute Gasteiger partial charge is 0.355 e. The second-order valence-electron chi connectivity index (χ2n) is 8.06. The Hall–Kier alpha value is -3.51. The van der Waals surface area contributed by atoms with Gasteiger partial charge in [0.05, 0.1) is 16.7 Å². The second kappa shape index (κ2) is 6.50. The Morgan fingerprint density at radius 2 is 2.03 bits per heavy atom. The summed E-state index contributed by atoms with van der Waals surface area (Å²) >= 11 is 0. The molecule has 0 aliphatic carbocycles. The zero-order valence-corrected chi connectivity index (χ0v) is 17.0. The maximum Gasteiger partial charge on any atom is 0.280 e. The number of aromatic nitrogens is 6. The first-order valence-electron chi connectivity index (χ1n) is 9.97. The van der Waals surface area contributed by atoms with E-state index in [-0.39, 0.29) is 11.5 Å². The molecule has 1 aliphatic rings. The molecule has 1 fully saturated rings. The van der Waals surface area contributed by atoms with Crippen molar-refractivity contribution in [3.05, 3.63) is 46.6 Å². The van der Waals surface area contributed by atoms with Crippen molar-refractivity contribution in [2.24, 2.45) is 0 Å². The van der Waals surface area contributed by atoms with E-state index in [2.05, 4.69) is 15.3 Å². The number of hydrogen-bond donors (Lipinski definition) is 0. The van der Waals surface area contributed by atoms with Gasteiger partial charge in [-0.05, 0) is 37.8 Å². The molecule has 0 spiro atoms. The maximum absolute atomic E-state index is 13.9. The molecule has 1 aliphatic heterocycles. The van der Waals surface area contributed by atoms with Gasteiger partial charge in [-0.15, -0.1) is 9.78 Å². The highest BCUT2D eigenvalue weighted by atomic mass is 16.5. The Morgan fingerprint density at radius 3 is 2.70 bits per heavy atom. The van der Waals surface area contributed by atoms with E-state index >= 15 is 0 Å². The monoisotopic (exact) mass is 403 g/mol. The van der Waals surface area contributed by atoms with Gasteiger partial charge in [-0.2, -0.15) is 5.26 Å². The SMILES string of the molecule is CC(C)c1nnn(C#N)c1-c1ncn2c1c(=O)n(C1(C)CCCO1)c1ccccc12. The van der Waals surface area contributed by atoms with Crippen molar-refractivity contribution in [1.29, 1.82) is 5.26 Å². The first-order chi connectivity index (χ1) is 14.5. The van der Waals surface area contributed by atoms with Crippen molar-refractivity contribution in [3.63, 3.8) is 0 Å². The first-order valence-corrected chi connectivity index (χ1v) is 9.97. The number of para-hydroxylation sites is 2. The second-order valence-corrected chi connectivity index (χ2v) is 8.06. The van der Waals surface area contributed by atoms with Gasteiger partial charge in [-0.1, -0.05) is 31.2 Å². The van der Waals surface area contributed by atoms with E-state index in [0.717, 1.165) is 28.6 Å². The average Bonchev–Trinajstić information content (AvgIpc) is 3.45. The number of rotatable bonds is 3. The molecule has 1 unspecified atom stereocenters. The van der Waals surface area contributed by atoms with Gasteiger partial charge >= 0.3 is 0 Å². The number of hydrogen-bond acceptors (Lipinski definition) is 6. The van der Waals surface area contributed by atoms with Crippen LogP contribution in [0.4, 0.5) is 0 Å². The van der Waals surface area contributed by atoms with Crippen LogP contribution in [0.1, 0.15) is 45.2 Å². The standard InChI is InChI=1S/C21H21N7O2/c1-13(2)16-18(27(11-22)25-24-16)17-19-20(29)28(21(3)9-6-10-30-21)15-8-5-4-7-14(15)26(19)12-23-17/h4-5,7-8,12-13H,6,9-10H2,1-3H3. The van der Waals surface area contributed by atoms with Crippen molar-refractivity contribution in [3.8, 4) is 17.6 Å². The van der Waals surface area contributed by atoms with Crippen LogP contribution in [-0.4, -0.2) is 35.6 Å². The highest BCUT2D eigenvalue weighted by molar-refractivity contribution is 5.85.